The molecular weight excluding hydrogens is 689 g/mol. The second-order valence-corrected chi connectivity index (χ2v) is 14.9. The van der Waals surface area contributed by atoms with Crippen LogP contribution in [0.1, 0.15) is 42.9 Å². The molecule has 3 N–H and O–H groups in total. The fraction of sp³-hybridized carbons (Fsp3) is 0.545. The van der Waals surface area contributed by atoms with Gasteiger partial charge in [0.25, 0.3) is 0 Å². The van der Waals surface area contributed by atoms with Crippen molar-refractivity contribution in [1.82, 2.24) is 24.7 Å². The fourth-order valence-corrected chi connectivity index (χ4v) is 8.24. The molecule has 2 fully saturated rings. The van der Waals surface area contributed by atoms with Crippen LogP contribution in [0.2, 0.25) is 0 Å². The predicted molar refractivity (Wildman–Crippen MR) is 170 cm³/mol. The molecule has 3 heterocycles. The summed E-state index contributed by atoms with van der Waals surface area (Å²) in [6.07, 6.45) is -5.06. The third-order valence-electron chi connectivity index (χ3n) is 9.42. The van der Waals surface area contributed by atoms with Crippen molar-refractivity contribution in [2.75, 3.05) is 39.3 Å². The number of sulfonamides is 1. The van der Waals surface area contributed by atoms with E-state index in [9.17, 15) is 49.9 Å². The molecule has 0 aromatic heterocycles. The molecule has 274 valence electrons. The number of alkyl halides is 3. The van der Waals surface area contributed by atoms with Crippen LogP contribution < -0.4 is 10.6 Å². The highest BCUT2D eigenvalue weighted by Gasteiger charge is 2.44. The zero-order valence-corrected chi connectivity index (χ0v) is 28.2. The van der Waals surface area contributed by atoms with Crippen LogP contribution in [0.15, 0.2) is 41.3 Å². The van der Waals surface area contributed by atoms with Crippen LogP contribution in [0.3, 0.4) is 0 Å². The molecule has 2 aromatic carbocycles. The molecule has 0 aliphatic carbocycles. The Bertz CT molecular complexity index is 1690. The topological polar surface area (TPSA) is 139 Å². The van der Waals surface area contributed by atoms with Gasteiger partial charge in [-0.05, 0) is 60.2 Å². The molecule has 11 nitrogen and oxygen atoms in total. The van der Waals surface area contributed by atoms with Crippen LogP contribution in [0.5, 0.6) is 0 Å². The third-order valence-corrected chi connectivity index (χ3v) is 11.3. The van der Waals surface area contributed by atoms with Crippen LogP contribution in [0, 0.1) is 17.6 Å². The van der Waals surface area contributed by atoms with E-state index in [-0.39, 0.29) is 73.9 Å². The van der Waals surface area contributed by atoms with Crippen molar-refractivity contribution in [3.63, 3.8) is 0 Å². The summed E-state index contributed by atoms with van der Waals surface area (Å²) < 4.78 is 96.1. The number of hydrogen-bond donors (Lipinski definition) is 3. The van der Waals surface area contributed by atoms with E-state index in [1.807, 2.05) is 6.92 Å². The number of aliphatic hydroxyl groups is 1. The summed E-state index contributed by atoms with van der Waals surface area (Å²) >= 11 is 0. The van der Waals surface area contributed by atoms with Gasteiger partial charge >= 0.3 is 12.1 Å². The molecule has 4 atom stereocenters. The van der Waals surface area contributed by atoms with Gasteiger partial charge in [0.2, 0.25) is 21.8 Å². The maximum absolute atomic E-state index is 14.1. The van der Waals surface area contributed by atoms with Gasteiger partial charge in [-0.1, -0.05) is 19.4 Å². The summed E-state index contributed by atoms with van der Waals surface area (Å²) in [5.74, 6) is -5.18. The van der Waals surface area contributed by atoms with Gasteiger partial charge in [0.05, 0.1) is 23.0 Å². The Morgan fingerprint density at radius 2 is 1.78 bits per heavy atom. The largest absolute Gasteiger partial charge is 0.471 e. The number of benzene rings is 2. The molecule has 3 amide bonds. The Hall–Kier alpha value is -3.67. The monoisotopic (exact) mass is 729 g/mol. The average molecular weight is 730 g/mol. The van der Waals surface area contributed by atoms with Crippen LogP contribution in [0.4, 0.5) is 22.0 Å². The fourth-order valence-electron chi connectivity index (χ4n) is 6.73. The van der Waals surface area contributed by atoms with Crippen molar-refractivity contribution in [2.24, 2.45) is 5.92 Å². The van der Waals surface area contributed by atoms with Gasteiger partial charge in [0, 0.05) is 64.3 Å². The molecule has 17 heteroatoms. The van der Waals surface area contributed by atoms with E-state index in [0.717, 1.165) is 29.3 Å². The van der Waals surface area contributed by atoms with Crippen molar-refractivity contribution < 1.29 is 49.9 Å². The lowest BCUT2D eigenvalue weighted by Gasteiger charge is -2.38. The number of piperazine rings is 1. The first-order chi connectivity index (χ1) is 23.6. The zero-order valence-electron chi connectivity index (χ0n) is 27.4. The minimum atomic E-state index is -5.07. The maximum Gasteiger partial charge on any atom is 0.471 e. The highest BCUT2D eigenvalue weighted by Crippen LogP contribution is 2.29. The van der Waals surface area contributed by atoms with Crippen molar-refractivity contribution in [1.29, 1.82) is 0 Å². The summed E-state index contributed by atoms with van der Waals surface area (Å²) in [5, 5.41) is 17.4. The van der Waals surface area contributed by atoms with Gasteiger partial charge < -0.3 is 25.5 Å². The molecule has 0 saturated carbocycles. The third kappa shape index (κ3) is 8.61. The first-order valence-corrected chi connectivity index (χ1v) is 17.9. The summed E-state index contributed by atoms with van der Waals surface area (Å²) in [4.78, 5) is 39.8. The molecule has 3 aliphatic rings. The van der Waals surface area contributed by atoms with Crippen LogP contribution >= 0.6 is 0 Å². The van der Waals surface area contributed by atoms with E-state index in [2.05, 4.69) is 10.6 Å². The van der Waals surface area contributed by atoms with E-state index in [0.29, 0.717) is 23.1 Å². The van der Waals surface area contributed by atoms with Crippen LogP contribution in [-0.2, 0) is 43.8 Å². The van der Waals surface area contributed by atoms with Gasteiger partial charge in [-0.3, -0.25) is 14.4 Å². The number of fused-ring (bicyclic) bond motifs is 1. The van der Waals surface area contributed by atoms with Gasteiger partial charge in [0.15, 0.2) is 0 Å². The number of aliphatic hydroxyl groups excluding tert-OH is 1. The molecule has 0 radical (unpaired) electrons. The van der Waals surface area contributed by atoms with Gasteiger partial charge in [-0.2, -0.15) is 17.5 Å². The molecule has 2 aromatic rings. The normalized spacial score (nSPS) is 21.5. The lowest BCUT2D eigenvalue weighted by Crippen LogP contribution is -2.62. The number of nitrogens with one attached hydrogen (secondary N) is 2. The van der Waals surface area contributed by atoms with Crippen molar-refractivity contribution >= 4 is 27.7 Å². The first-order valence-electron chi connectivity index (χ1n) is 16.5. The van der Waals surface area contributed by atoms with Gasteiger partial charge in [0.1, 0.15) is 11.6 Å². The van der Waals surface area contributed by atoms with E-state index in [4.69, 9.17) is 0 Å². The van der Waals surface area contributed by atoms with Crippen molar-refractivity contribution in [3.8, 4) is 0 Å². The Kier molecular flexibility index (Phi) is 11.5. The van der Waals surface area contributed by atoms with Gasteiger partial charge in [-0.25, -0.2) is 17.2 Å². The summed E-state index contributed by atoms with van der Waals surface area (Å²) in [5.41, 5.74) is 1.02. The van der Waals surface area contributed by atoms with E-state index >= 15 is 0 Å². The summed E-state index contributed by atoms with van der Waals surface area (Å²) in [7, 11) is -4.25. The number of hydrogen-bond acceptors (Lipinski definition) is 7. The Labute approximate surface area is 286 Å². The molecular formula is C33H40F5N5O6S. The molecule has 2 unspecified atom stereocenters. The number of halogens is 5. The summed E-state index contributed by atoms with van der Waals surface area (Å²) in [6, 6.07) is 4.79. The second-order valence-electron chi connectivity index (χ2n) is 13.0. The van der Waals surface area contributed by atoms with Crippen LogP contribution in [-0.4, -0.2) is 109 Å². The Balaban J connectivity index is 1.33. The maximum atomic E-state index is 14.1. The molecule has 3 aliphatic heterocycles. The average Bonchev–Trinajstić information content (AvgIpc) is 3.45. The highest BCUT2D eigenvalue weighted by molar-refractivity contribution is 7.89. The number of nitrogens with zero attached hydrogens (tertiary/aromatic N) is 3. The number of rotatable bonds is 11. The minimum Gasteiger partial charge on any atom is -0.389 e. The molecule has 0 bridgehead atoms. The Morgan fingerprint density at radius 3 is 2.46 bits per heavy atom. The molecule has 50 heavy (non-hydrogen) atoms. The lowest BCUT2D eigenvalue weighted by molar-refractivity contribution is -0.186. The number of unbranched alkanes of at least 4 members (excludes halogenated alkanes) is 1. The van der Waals surface area contributed by atoms with Gasteiger partial charge in [-0.15, -0.1) is 0 Å². The molecule has 2 saturated heterocycles. The number of likely N-dealkylation sites (tertiary alicyclic amines) is 1. The first kappa shape index (κ1) is 37.6. The lowest BCUT2D eigenvalue weighted by atomic mass is 9.94. The number of amides is 3. The minimum absolute atomic E-state index is 0.0226. The quantitative estimate of drug-likeness (QED) is 0.302. The molecule has 0 spiro atoms. The second kappa shape index (κ2) is 15.3. The SMILES string of the molecule is CCCCN1CC(C(=O)NC(Cc2cc(F)cc(F)c2)[C@H](O)[C@H]2CN(S(=O)(=O)c3ccc4c(c3)CN(C(=O)C(F)(F)F)CC4)CCN2)CC1=O. The van der Waals surface area contributed by atoms with Crippen molar-refractivity contribution in [3.05, 3.63) is 64.7 Å². The van der Waals surface area contributed by atoms with Crippen LogP contribution in [0.25, 0.3) is 0 Å². The summed E-state index contributed by atoms with van der Waals surface area (Å²) in [6.45, 7) is 1.85. The zero-order chi connectivity index (χ0) is 36.4. The van der Waals surface area contributed by atoms with E-state index < -0.39 is 70.3 Å². The predicted octanol–water partition coefficient (Wildman–Crippen LogP) is 2.11. The highest BCUT2D eigenvalue weighted by atomic mass is 32.2. The smallest absolute Gasteiger partial charge is 0.389 e. The van der Waals surface area contributed by atoms with Crippen molar-refractivity contribution in [2.45, 2.75) is 74.8 Å². The molecule has 5 rings (SSSR count). The number of carbonyl (C=O) groups excluding carboxylic acids is 3. The van der Waals surface area contributed by atoms with E-state index in [1.165, 1.54) is 18.2 Å². The Morgan fingerprint density at radius 1 is 1.06 bits per heavy atom. The van der Waals surface area contributed by atoms with E-state index in [1.54, 1.807) is 4.90 Å². The standard InChI is InChI=1S/C33H40F5N5O6S/c1-2-3-8-41-18-23(15-29(41)44)31(46)40-27(13-20-11-24(34)16-25(35)12-20)30(45)28-19-43(10-7-39-28)50(48,49)26-5-4-21-6-9-42(17-22(21)14-26)32(47)33(36,37)38/h4-5,11-12,14,16,23,27-28,30,39,45H,2-3,6-10,13,15,17-19H2,1H3,(H,40,46)/t23?,27?,28-,30+/m1/s1. The number of carbonyl (C=O) groups is 3.